The molecule has 0 saturated heterocycles. The van der Waals surface area contributed by atoms with E-state index >= 15 is 0 Å². The number of nitrogens with one attached hydrogen (secondary N) is 1. The number of nitrogens with zero attached hydrogens (tertiary/aromatic N) is 3. The Kier molecular flexibility index (Phi) is 5.27. The second kappa shape index (κ2) is 8.14. The molecule has 2 atom stereocenters. The summed E-state index contributed by atoms with van der Waals surface area (Å²) < 4.78 is 1.79. The van der Waals surface area contributed by atoms with E-state index in [1.165, 1.54) is 0 Å². The Bertz CT molecular complexity index is 1370. The number of carbonyl (C=O) groups is 1. The van der Waals surface area contributed by atoms with Crippen molar-refractivity contribution >= 4 is 23.2 Å². The van der Waals surface area contributed by atoms with Crippen LogP contribution in [-0.2, 0) is 17.4 Å². The molecule has 4 aromatic rings. The first-order valence-electron chi connectivity index (χ1n) is 10.7. The Morgan fingerprint density at radius 1 is 1.12 bits per heavy atom. The minimum absolute atomic E-state index is 0.0219. The van der Waals surface area contributed by atoms with Gasteiger partial charge in [0.05, 0.1) is 18.2 Å². The third-order valence-electron chi connectivity index (χ3n) is 6.40. The van der Waals surface area contributed by atoms with Crippen molar-refractivity contribution in [1.82, 2.24) is 14.5 Å². The number of aryl methyl sites for hydroxylation is 2. The molecule has 0 radical (unpaired) electrons. The van der Waals surface area contributed by atoms with Gasteiger partial charge in [0.1, 0.15) is 5.15 Å². The fourth-order valence-electron chi connectivity index (χ4n) is 4.74. The van der Waals surface area contributed by atoms with Gasteiger partial charge in [-0.2, -0.15) is 0 Å². The molecule has 0 aliphatic carbocycles. The summed E-state index contributed by atoms with van der Waals surface area (Å²) in [6, 6.07) is 17.2. The van der Waals surface area contributed by atoms with Crippen molar-refractivity contribution in [2.24, 2.45) is 7.05 Å². The number of carbonyl (C=O) groups excluding carboxylic acids is 1. The topological polar surface area (TPSA) is 80.0 Å². The van der Waals surface area contributed by atoms with Crippen molar-refractivity contribution in [1.29, 1.82) is 0 Å². The number of anilines is 1. The van der Waals surface area contributed by atoms with Gasteiger partial charge in [-0.1, -0.05) is 41.9 Å². The molecule has 166 valence electrons. The Balaban J connectivity index is 1.73. The monoisotopic (exact) mass is 458 g/mol. The third-order valence-corrected chi connectivity index (χ3v) is 6.61. The fourth-order valence-corrected chi connectivity index (χ4v) is 4.91. The van der Waals surface area contributed by atoms with Crippen molar-refractivity contribution in [3.05, 3.63) is 112 Å². The van der Waals surface area contributed by atoms with Gasteiger partial charge < -0.3 is 15.0 Å². The molecular formula is C26H23ClN4O2. The smallest absolute Gasteiger partial charge is 0.225 e. The number of pyridine rings is 1. The van der Waals surface area contributed by atoms with Gasteiger partial charge in [-0.25, -0.2) is 9.97 Å². The average molecular weight is 459 g/mol. The first-order chi connectivity index (χ1) is 15.9. The van der Waals surface area contributed by atoms with Crippen LogP contribution in [0.15, 0.2) is 73.3 Å². The average Bonchev–Trinajstić information content (AvgIpc) is 3.24. The van der Waals surface area contributed by atoms with E-state index in [2.05, 4.69) is 34.3 Å². The number of benzene rings is 2. The maximum atomic E-state index is 12.5. The SMILES string of the molecule is Cc1ccccc1C1CC(=O)Nc2ccc(C(O)(c3ccnc(Cl)c3)c3cncn3C)cc21. The number of amides is 1. The molecule has 0 fully saturated rings. The van der Waals surface area contributed by atoms with Crippen LogP contribution in [0, 0.1) is 6.92 Å². The van der Waals surface area contributed by atoms with Gasteiger partial charge in [-0.05, 0) is 59.0 Å². The minimum atomic E-state index is -1.52. The summed E-state index contributed by atoms with van der Waals surface area (Å²) >= 11 is 6.20. The Morgan fingerprint density at radius 2 is 1.91 bits per heavy atom. The highest BCUT2D eigenvalue weighted by Gasteiger charge is 2.38. The van der Waals surface area contributed by atoms with E-state index < -0.39 is 5.60 Å². The quantitative estimate of drug-likeness (QED) is 0.440. The molecule has 1 aliphatic heterocycles. The van der Waals surface area contributed by atoms with Crippen LogP contribution in [0.25, 0.3) is 0 Å². The molecule has 0 bridgehead atoms. The van der Waals surface area contributed by atoms with Gasteiger partial charge >= 0.3 is 0 Å². The largest absolute Gasteiger partial charge is 0.374 e. The summed E-state index contributed by atoms with van der Waals surface area (Å²) in [5.74, 6) is -0.141. The highest BCUT2D eigenvalue weighted by molar-refractivity contribution is 6.29. The zero-order valence-corrected chi connectivity index (χ0v) is 19.0. The van der Waals surface area contributed by atoms with Crippen molar-refractivity contribution in [2.75, 3.05) is 5.32 Å². The van der Waals surface area contributed by atoms with E-state index in [0.717, 1.165) is 22.4 Å². The molecule has 2 unspecified atom stereocenters. The van der Waals surface area contributed by atoms with Crippen molar-refractivity contribution < 1.29 is 9.90 Å². The van der Waals surface area contributed by atoms with Gasteiger partial charge in [-0.3, -0.25) is 4.79 Å². The van der Waals surface area contributed by atoms with Gasteiger partial charge in [0.15, 0.2) is 5.60 Å². The highest BCUT2D eigenvalue weighted by Crippen LogP contribution is 2.43. The number of fused-ring (bicyclic) bond motifs is 1. The number of rotatable bonds is 4. The van der Waals surface area contributed by atoms with Crippen molar-refractivity contribution in [3.63, 3.8) is 0 Å². The molecule has 2 aromatic heterocycles. The van der Waals surface area contributed by atoms with Gasteiger partial charge in [0.25, 0.3) is 0 Å². The summed E-state index contributed by atoms with van der Waals surface area (Å²) in [5.41, 5.74) is 4.24. The van der Waals surface area contributed by atoms with Crippen LogP contribution in [0.4, 0.5) is 5.69 Å². The lowest BCUT2D eigenvalue weighted by Crippen LogP contribution is -2.32. The molecule has 3 heterocycles. The van der Waals surface area contributed by atoms with Crippen LogP contribution < -0.4 is 5.32 Å². The van der Waals surface area contributed by atoms with E-state index in [1.54, 1.807) is 35.4 Å². The van der Waals surface area contributed by atoms with Gasteiger partial charge in [-0.15, -0.1) is 0 Å². The molecular weight excluding hydrogens is 436 g/mol. The lowest BCUT2D eigenvalue weighted by Gasteiger charge is -2.33. The zero-order chi connectivity index (χ0) is 23.2. The predicted molar refractivity (Wildman–Crippen MR) is 127 cm³/mol. The zero-order valence-electron chi connectivity index (χ0n) is 18.3. The fraction of sp³-hybridized carbons (Fsp3) is 0.192. The molecule has 0 saturated carbocycles. The number of aromatic nitrogens is 3. The molecule has 1 amide bonds. The van der Waals surface area contributed by atoms with Gasteiger partial charge in [0, 0.05) is 31.3 Å². The van der Waals surface area contributed by atoms with E-state index in [9.17, 15) is 9.90 Å². The molecule has 7 heteroatoms. The number of aliphatic hydroxyl groups is 1. The van der Waals surface area contributed by atoms with Crippen molar-refractivity contribution in [2.45, 2.75) is 24.9 Å². The van der Waals surface area contributed by atoms with Crippen molar-refractivity contribution in [3.8, 4) is 0 Å². The van der Waals surface area contributed by atoms with E-state index in [0.29, 0.717) is 23.2 Å². The van der Waals surface area contributed by atoms with E-state index in [4.69, 9.17) is 11.6 Å². The first kappa shape index (κ1) is 21.4. The first-order valence-corrected chi connectivity index (χ1v) is 11.1. The number of imidazole rings is 1. The number of halogens is 1. The minimum Gasteiger partial charge on any atom is -0.374 e. The standard InChI is InChI=1S/C26H23ClN4O2/c1-16-5-3-4-6-19(16)20-13-25(32)30-22-8-7-17(11-21(20)22)26(33,23-14-28-15-31(23)2)18-9-10-29-24(27)12-18/h3-12,14-15,20,33H,13H2,1-2H3,(H,30,32). The summed E-state index contributed by atoms with van der Waals surface area (Å²) in [6.45, 7) is 2.05. The van der Waals surface area contributed by atoms with Crippen LogP contribution in [0.3, 0.4) is 0 Å². The van der Waals surface area contributed by atoms with Crippen LogP contribution >= 0.6 is 11.6 Å². The van der Waals surface area contributed by atoms with E-state index in [1.807, 2.05) is 37.4 Å². The van der Waals surface area contributed by atoms with Crippen LogP contribution in [0.1, 0.15) is 45.8 Å². The second-order valence-corrected chi connectivity index (χ2v) is 8.82. The van der Waals surface area contributed by atoms with Gasteiger partial charge in [0.2, 0.25) is 5.91 Å². The third kappa shape index (κ3) is 3.61. The van der Waals surface area contributed by atoms with E-state index in [-0.39, 0.29) is 17.0 Å². The van der Waals surface area contributed by atoms with Crippen LogP contribution in [0.5, 0.6) is 0 Å². The van der Waals surface area contributed by atoms with Crippen LogP contribution in [0.2, 0.25) is 5.15 Å². The summed E-state index contributed by atoms with van der Waals surface area (Å²) in [5, 5.41) is 15.5. The lowest BCUT2D eigenvalue weighted by atomic mass is 9.78. The maximum Gasteiger partial charge on any atom is 0.225 e. The molecule has 1 aliphatic rings. The molecule has 5 rings (SSSR count). The van der Waals surface area contributed by atoms with Crippen LogP contribution in [-0.4, -0.2) is 25.5 Å². The molecule has 2 N–H and O–H groups in total. The Hall–Kier alpha value is -3.48. The highest BCUT2D eigenvalue weighted by atomic mass is 35.5. The summed E-state index contributed by atoms with van der Waals surface area (Å²) in [6.07, 6.45) is 5.21. The molecule has 0 spiro atoms. The number of hydrogen-bond donors (Lipinski definition) is 2. The lowest BCUT2D eigenvalue weighted by molar-refractivity contribution is -0.116. The predicted octanol–water partition coefficient (Wildman–Crippen LogP) is 4.54. The normalized spacial score (nSPS) is 17.2. The number of hydrogen-bond acceptors (Lipinski definition) is 4. The summed E-state index contributed by atoms with van der Waals surface area (Å²) in [4.78, 5) is 20.8. The molecule has 6 nitrogen and oxygen atoms in total. The Labute approximate surface area is 196 Å². The second-order valence-electron chi connectivity index (χ2n) is 8.43. The molecule has 33 heavy (non-hydrogen) atoms. The molecule has 2 aromatic carbocycles. The summed E-state index contributed by atoms with van der Waals surface area (Å²) in [7, 11) is 1.84. The maximum absolute atomic E-state index is 12.5. The Morgan fingerprint density at radius 3 is 2.64 bits per heavy atom.